The number of rotatable bonds is 2. The summed E-state index contributed by atoms with van der Waals surface area (Å²) in [6.07, 6.45) is 1.48. The summed E-state index contributed by atoms with van der Waals surface area (Å²) in [6, 6.07) is 3.62. The van der Waals surface area contributed by atoms with Crippen LogP contribution in [-0.2, 0) is 24.9 Å². The fourth-order valence-corrected chi connectivity index (χ4v) is 2.13. The van der Waals surface area contributed by atoms with E-state index in [2.05, 4.69) is 5.10 Å². The van der Waals surface area contributed by atoms with Gasteiger partial charge in [-0.05, 0) is 12.1 Å². The summed E-state index contributed by atoms with van der Waals surface area (Å²) in [6.45, 7) is 0.999. The molecule has 1 aromatic carbocycles. The van der Waals surface area contributed by atoms with Crippen LogP contribution < -0.4 is 16.2 Å². The van der Waals surface area contributed by atoms with E-state index < -0.39 is 0 Å². The Kier molecular flexibility index (Phi) is 2.75. The monoisotopic (exact) mass is 262 g/mol. The molecule has 19 heavy (non-hydrogen) atoms. The molecule has 1 aliphatic rings. The fourth-order valence-electron chi connectivity index (χ4n) is 2.13. The molecule has 0 fully saturated rings. The second-order valence-corrected chi connectivity index (χ2v) is 4.46. The van der Waals surface area contributed by atoms with Crippen LogP contribution in [0.3, 0.4) is 0 Å². The Bertz CT molecular complexity index is 674. The molecule has 0 unspecified atom stereocenters. The minimum absolute atomic E-state index is 0.178. The highest BCUT2D eigenvalue weighted by Crippen LogP contribution is 2.30. The fraction of sp³-hybridized carbons (Fsp3) is 0.333. The highest BCUT2D eigenvalue weighted by molar-refractivity contribution is 5.53. The van der Waals surface area contributed by atoms with Crippen LogP contribution in [0.25, 0.3) is 0 Å². The van der Waals surface area contributed by atoms with Gasteiger partial charge < -0.3 is 15.2 Å². The molecule has 0 radical (unpaired) electrons. The van der Waals surface area contributed by atoms with Gasteiger partial charge in [0.05, 0.1) is 13.2 Å². The quantitative estimate of drug-likeness (QED) is 0.775. The van der Waals surface area contributed by atoms with Gasteiger partial charge in [0.15, 0.2) is 6.79 Å². The number of nitrogen functional groups attached to an aromatic ring is 1. The molecule has 2 heterocycles. The number of aryl methyl sites for hydroxylation is 1. The van der Waals surface area contributed by atoms with Gasteiger partial charge in [-0.3, -0.25) is 4.57 Å². The number of ether oxygens (including phenoxy) is 2. The molecule has 0 spiro atoms. The van der Waals surface area contributed by atoms with Crippen molar-refractivity contribution >= 4 is 5.69 Å². The molecule has 0 saturated carbocycles. The summed E-state index contributed by atoms with van der Waals surface area (Å²) in [5.41, 5.74) is 8.02. The van der Waals surface area contributed by atoms with Crippen molar-refractivity contribution < 1.29 is 9.47 Å². The van der Waals surface area contributed by atoms with Gasteiger partial charge >= 0.3 is 5.69 Å². The lowest BCUT2D eigenvalue weighted by Crippen LogP contribution is -2.24. The zero-order valence-corrected chi connectivity index (χ0v) is 10.5. The SMILES string of the molecule is Cn1cnn(Cc2cc(N)cc3c2OCOC3)c1=O. The van der Waals surface area contributed by atoms with Crippen molar-refractivity contribution in [3.05, 3.63) is 40.1 Å². The van der Waals surface area contributed by atoms with E-state index in [1.54, 1.807) is 13.1 Å². The number of hydrogen-bond acceptors (Lipinski definition) is 5. The molecule has 3 rings (SSSR count). The Labute approximate surface area is 109 Å². The van der Waals surface area contributed by atoms with Gasteiger partial charge in [0, 0.05) is 23.9 Å². The van der Waals surface area contributed by atoms with E-state index in [0.717, 1.165) is 16.9 Å². The average Bonchev–Trinajstić information content (AvgIpc) is 2.70. The van der Waals surface area contributed by atoms with Crippen LogP contribution in [0.1, 0.15) is 11.1 Å². The Morgan fingerprint density at radius 1 is 1.47 bits per heavy atom. The normalized spacial score (nSPS) is 13.9. The van der Waals surface area contributed by atoms with Crippen LogP contribution in [0.5, 0.6) is 5.75 Å². The molecule has 2 aromatic rings. The van der Waals surface area contributed by atoms with E-state index >= 15 is 0 Å². The standard InChI is InChI=1S/C12H14N4O3/c1-15-6-14-16(12(15)17)4-8-2-10(13)3-9-5-18-7-19-11(8)9/h2-3,6H,4-5,7,13H2,1H3. The maximum absolute atomic E-state index is 11.8. The maximum atomic E-state index is 11.8. The maximum Gasteiger partial charge on any atom is 0.345 e. The molecule has 0 aliphatic carbocycles. The van der Waals surface area contributed by atoms with Crippen molar-refractivity contribution in [2.75, 3.05) is 12.5 Å². The zero-order valence-electron chi connectivity index (χ0n) is 10.5. The third kappa shape index (κ3) is 2.08. The second-order valence-electron chi connectivity index (χ2n) is 4.46. The molecule has 7 nitrogen and oxygen atoms in total. The van der Waals surface area contributed by atoms with Crippen molar-refractivity contribution in [2.45, 2.75) is 13.2 Å². The van der Waals surface area contributed by atoms with Gasteiger partial charge in [-0.2, -0.15) is 5.10 Å². The van der Waals surface area contributed by atoms with Crippen LogP contribution in [0.4, 0.5) is 5.69 Å². The van der Waals surface area contributed by atoms with Crippen molar-refractivity contribution in [3.8, 4) is 5.75 Å². The molecule has 1 aliphatic heterocycles. The minimum atomic E-state index is -0.178. The predicted octanol–water partition coefficient (Wildman–Crippen LogP) is 0.0788. The molecular formula is C12H14N4O3. The summed E-state index contributed by atoms with van der Waals surface area (Å²) in [5, 5.41) is 4.03. The first-order chi connectivity index (χ1) is 9.15. The van der Waals surface area contributed by atoms with Gasteiger partial charge in [-0.15, -0.1) is 0 Å². The number of benzene rings is 1. The van der Waals surface area contributed by atoms with Gasteiger partial charge in [0.2, 0.25) is 0 Å². The second kappa shape index (κ2) is 4.43. The lowest BCUT2D eigenvalue weighted by Gasteiger charge is -2.21. The highest BCUT2D eigenvalue weighted by Gasteiger charge is 2.17. The summed E-state index contributed by atoms with van der Waals surface area (Å²) in [7, 11) is 1.66. The van der Waals surface area contributed by atoms with Crippen molar-refractivity contribution in [1.82, 2.24) is 14.3 Å². The van der Waals surface area contributed by atoms with Crippen LogP contribution in [0.15, 0.2) is 23.3 Å². The summed E-state index contributed by atoms with van der Waals surface area (Å²) >= 11 is 0. The molecule has 2 N–H and O–H groups in total. The van der Waals surface area contributed by atoms with Gasteiger partial charge in [0.25, 0.3) is 0 Å². The molecule has 100 valence electrons. The molecule has 0 bridgehead atoms. The van der Waals surface area contributed by atoms with Crippen molar-refractivity contribution in [3.63, 3.8) is 0 Å². The predicted molar refractivity (Wildman–Crippen MR) is 67.7 cm³/mol. The third-order valence-corrected chi connectivity index (χ3v) is 3.02. The lowest BCUT2D eigenvalue weighted by atomic mass is 10.1. The zero-order chi connectivity index (χ0) is 13.4. The van der Waals surface area contributed by atoms with E-state index in [4.69, 9.17) is 15.2 Å². The van der Waals surface area contributed by atoms with Crippen molar-refractivity contribution in [2.24, 2.45) is 7.05 Å². The number of fused-ring (bicyclic) bond motifs is 1. The third-order valence-electron chi connectivity index (χ3n) is 3.02. The Balaban J connectivity index is 2.03. The lowest BCUT2D eigenvalue weighted by molar-refractivity contribution is -0.0170. The van der Waals surface area contributed by atoms with E-state index in [1.165, 1.54) is 15.6 Å². The molecular weight excluding hydrogens is 248 g/mol. The minimum Gasteiger partial charge on any atom is -0.467 e. The summed E-state index contributed by atoms with van der Waals surface area (Å²) in [4.78, 5) is 11.8. The molecule has 0 saturated heterocycles. The number of anilines is 1. The average molecular weight is 262 g/mol. The van der Waals surface area contributed by atoms with Gasteiger partial charge in [-0.25, -0.2) is 9.48 Å². The van der Waals surface area contributed by atoms with Crippen LogP contribution in [0.2, 0.25) is 0 Å². The Morgan fingerprint density at radius 2 is 2.32 bits per heavy atom. The highest BCUT2D eigenvalue weighted by atomic mass is 16.7. The van der Waals surface area contributed by atoms with E-state index in [0.29, 0.717) is 18.8 Å². The topological polar surface area (TPSA) is 84.3 Å². The largest absolute Gasteiger partial charge is 0.467 e. The first-order valence-electron chi connectivity index (χ1n) is 5.85. The summed E-state index contributed by atoms with van der Waals surface area (Å²) in [5.74, 6) is 0.734. The van der Waals surface area contributed by atoms with E-state index in [1.807, 2.05) is 6.07 Å². The van der Waals surface area contributed by atoms with Crippen molar-refractivity contribution in [1.29, 1.82) is 0 Å². The number of nitrogens with zero attached hydrogens (tertiary/aromatic N) is 3. The molecule has 1 aromatic heterocycles. The number of nitrogens with two attached hydrogens (primary N) is 1. The molecule has 0 atom stereocenters. The van der Waals surface area contributed by atoms with Gasteiger partial charge in [-0.1, -0.05) is 0 Å². The summed E-state index contributed by atoms with van der Waals surface area (Å²) < 4.78 is 13.5. The van der Waals surface area contributed by atoms with E-state index in [-0.39, 0.29) is 12.5 Å². The Morgan fingerprint density at radius 3 is 3.05 bits per heavy atom. The van der Waals surface area contributed by atoms with Crippen LogP contribution in [-0.4, -0.2) is 21.1 Å². The molecule has 0 amide bonds. The number of aromatic nitrogens is 3. The van der Waals surface area contributed by atoms with Crippen LogP contribution >= 0.6 is 0 Å². The first kappa shape index (κ1) is 11.8. The van der Waals surface area contributed by atoms with Crippen LogP contribution in [0, 0.1) is 0 Å². The van der Waals surface area contributed by atoms with E-state index in [9.17, 15) is 4.79 Å². The first-order valence-corrected chi connectivity index (χ1v) is 5.85. The number of hydrogen-bond donors (Lipinski definition) is 1. The Hall–Kier alpha value is -2.28. The molecule has 7 heteroatoms. The smallest absolute Gasteiger partial charge is 0.345 e. The van der Waals surface area contributed by atoms with Gasteiger partial charge in [0.1, 0.15) is 12.1 Å².